The van der Waals surface area contributed by atoms with Crippen LogP contribution in [0.25, 0.3) is 0 Å². The highest BCUT2D eigenvalue weighted by atomic mass is 32.1. The molecule has 60 valence electrons. The lowest BCUT2D eigenvalue weighted by Gasteiger charge is -1.63. The van der Waals surface area contributed by atoms with Gasteiger partial charge in [-0.05, 0) is 24.5 Å². The summed E-state index contributed by atoms with van der Waals surface area (Å²) >= 11 is 1.53. The van der Waals surface area contributed by atoms with Crippen molar-refractivity contribution in [1.82, 2.24) is 4.37 Å². The van der Waals surface area contributed by atoms with Gasteiger partial charge in [-0.15, -0.1) is 0 Å². The SMILES string of the molecule is CC.CC.Cc1ccns1. The van der Waals surface area contributed by atoms with Gasteiger partial charge in [0, 0.05) is 11.1 Å². The lowest BCUT2D eigenvalue weighted by molar-refractivity contribution is 1.50. The molecule has 0 unspecified atom stereocenters. The standard InChI is InChI=1S/C4H5NS.2C2H6/c1-4-2-3-5-6-4;2*1-2/h2-3H,1H3;2*1-2H3. The van der Waals surface area contributed by atoms with Crippen molar-refractivity contribution >= 4 is 11.5 Å². The Morgan fingerprint density at radius 2 is 1.70 bits per heavy atom. The van der Waals surface area contributed by atoms with Crippen LogP contribution in [0.4, 0.5) is 0 Å². The van der Waals surface area contributed by atoms with Gasteiger partial charge < -0.3 is 0 Å². The molecule has 0 aliphatic rings. The van der Waals surface area contributed by atoms with Crippen molar-refractivity contribution in [3.8, 4) is 0 Å². The van der Waals surface area contributed by atoms with Crippen LogP contribution in [0.1, 0.15) is 32.6 Å². The van der Waals surface area contributed by atoms with Gasteiger partial charge in [0.1, 0.15) is 0 Å². The summed E-state index contributed by atoms with van der Waals surface area (Å²) in [4.78, 5) is 1.27. The Hall–Kier alpha value is -0.370. The molecule has 1 rings (SSSR count). The number of hydrogen-bond acceptors (Lipinski definition) is 2. The van der Waals surface area contributed by atoms with E-state index in [1.807, 2.05) is 40.7 Å². The summed E-state index contributed by atoms with van der Waals surface area (Å²) in [5.41, 5.74) is 0. The third kappa shape index (κ3) is 7.63. The van der Waals surface area contributed by atoms with E-state index < -0.39 is 0 Å². The number of rotatable bonds is 0. The van der Waals surface area contributed by atoms with Gasteiger partial charge in [-0.1, -0.05) is 27.7 Å². The van der Waals surface area contributed by atoms with Gasteiger partial charge in [-0.2, -0.15) is 0 Å². The first kappa shape index (κ1) is 12.3. The zero-order valence-corrected chi connectivity index (χ0v) is 8.33. The van der Waals surface area contributed by atoms with Crippen LogP contribution in [-0.4, -0.2) is 4.37 Å². The Balaban J connectivity index is 0. The molecule has 0 atom stereocenters. The highest BCUT2D eigenvalue weighted by molar-refractivity contribution is 7.05. The van der Waals surface area contributed by atoms with E-state index in [0.717, 1.165) is 0 Å². The van der Waals surface area contributed by atoms with E-state index >= 15 is 0 Å². The Bertz CT molecular complexity index is 113. The molecule has 0 bridgehead atoms. The first-order valence-electron chi connectivity index (χ1n) is 3.77. The molecule has 1 heterocycles. The maximum atomic E-state index is 3.86. The van der Waals surface area contributed by atoms with Crippen molar-refractivity contribution in [3.63, 3.8) is 0 Å². The third-order valence-electron chi connectivity index (χ3n) is 0.567. The second-order valence-electron chi connectivity index (χ2n) is 1.12. The topological polar surface area (TPSA) is 12.9 Å². The second kappa shape index (κ2) is 11.4. The first-order chi connectivity index (χ1) is 4.89. The lowest BCUT2D eigenvalue weighted by Crippen LogP contribution is -1.43. The van der Waals surface area contributed by atoms with Gasteiger partial charge in [-0.3, -0.25) is 0 Å². The molecule has 0 radical (unpaired) electrons. The molecule has 0 spiro atoms. The zero-order valence-electron chi connectivity index (χ0n) is 7.51. The minimum Gasteiger partial charge on any atom is -0.201 e. The minimum atomic E-state index is 1.27. The quantitative estimate of drug-likeness (QED) is 0.564. The molecule has 0 aliphatic carbocycles. The van der Waals surface area contributed by atoms with Gasteiger partial charge >= 0.3 is 0 Å². The van der Waals surface area contributed by atoms with Crippen LogP contribution in [0.3, 0.4) is 0 Å². The molecule has 0 saturated heterocycles. The molecule has 0 fully saturated rings. The summed E-state index contributed by atoms with van der Waals surface area (Å²) in [7, 11) is 0. The zero-order chi connectivity index (χ0) is 8.41. The average Bonchev–Trinajstić information content (AvgIpc) is 2.48. The summed E-state index contributed by atoms with van der Waals surface area (Å²) in [6.07, 6.45) is 1.81. The Labute approximate surface area is 68.3 Å². The predicted octanol–water partition coefficient (Wildman–Crippen LogP) is 3.50. The molecular weight excluding hydrogens is 142 g/mol. The molecule has 0 amide bonds. The van der Waals surface area contributed by atoms with Crippen molar-refractivity contribution in [2.45, 2.75) is 34.6 Å². The molecule has 1 aromatic heterocycles. The second-order valence-corrected chi connectivity index (χ2v) is 2.16. The van der Waals surface area contributed by atoms with Gasteiger partial charge in [-0.25, -0.2) is 4.37 Å². The average molecular weight is 159 g/mol. The van der Waals surface area contributed by atoms with E-state index in [4.69, 9.17) is 0 Å². The maximum Gasteiger partial charge on any atom is 0.0409 e. The summed E-state index contributed by atoms with van der Waals surface area (Å²) in [5, 5.41) is 0. The summed E-state index contributed by atoms with van der Waals surface area (Å²) in [6.45, 7) is 10.0. The predicted molar refractivity (Wildman–Crippen MR) is 49.5 cm³/mol. The fourth-order valence-corrected chi connectivity index (χ4v) is 0.689. The van der Waals surface area contributed by atoms with E-state index in [-0.39, 0.29) is 0 Å². The smallest absolute Gasteiger partial charge is 0.0409 e. The number of hydrogen-bond donors (Lipinski definition) is 0. The fourth-order valence-electron chi connectivity index (χ4n) is 0.279. The Kier molecular flexibility index (Phi) is 14.1. The molecule has 0 aliphatic heterocycles. The van der Waals surface area contributed by atoms with Gasteiger partial charge in [0.25, 0.3) is 0 Å². The molecule has 0 N–H and O–H groups in total. The summed E-state index contributed by atoms with van der Waals surface area (Å²) in [5.74, 6) is 0. The van der Waals surface area contributed by atoms with E-state index in [1.165, 1.54) is 16.4 Å². The van der Waals surface area contributed by atoms with Crippen molar-refractivity contribution < 1.29 is 0 Å². The fraction of sp³-hybridized carbons (Fsp3) is 0.625. The number of aryl methyl sites for hydroxylation is 1. The van der Waals surface area contributed by atoms with Crippen molar-refractivity contribution in [1.29, 1.82) is 0 Å². The van der Waals surface area contributed by atoms with E-state index in [9.17, 15) is 0 Å². The van der Waals surface area contributed by atoms with Crippen LogP contribution in [0.15, 0.2) is 12.3 Å². The number of aromatic nitrogens is 1. The lowest BCUT2D eigenvalue weighted by atomic mass is 10.6. The van der Waals surface area contributed by atoms with Crippen molar-refractivity contribution in [2.75, 3.05) is 0 Å². The third-order valence-corrected chi connectivity index (χ3v) is 1.22. The van der Waals surface area contributed by atoms with Crippen LogP contribution in [-0.2, 0) is 0 Å². The molecule has 0 aromatic carbocycles. The van der Waals surface area contributed by atoms with E-state index in [0.29, 0.717) is 0 Å². The maximum absolute atomic E-state index is 3.86. The molecule has 1 nitrogen and oxygen atoms in total. The van der Waals surface area contributed by atoms with Gasteiger partial charge in [0.15, 0.2) is 0 Å². The molecule has 1 aromatic rings. The summed E-state index contributed by atoms with van der Waals surface area (Å²) < 4.78 is 3.86. The highest BCUT2D eigenvalue weighted by Crippen LogP contribution is 1.98. The van der Waals surface area contributed by atoms with Crippen molar-refractivity contribution in [3.05, 3.63) is 17.1 Å². The number of nitrogens with zero attached hydrogens (tertiary/aromatic N) is 1. The largest absolute Gasteiger partial charge is 0.201 e. The van der Waals surface area contributed by atoms with Crippen LogP contribution in [0.5, 0.6) is 0 Å². The van der Waals surface area contributed by atoms with Crippen LogP contribution in [0.2, 0.25) is 0 Å². The van der Waals surface area contributed by atoms with Crippen LogP contribution >= 0.6 is 11.5 Å². The van der Waals surface area contributed by atoms with Gasteiger partial charge in [0.05, 0.1) is 0 Å². The van der Waals surface area contributed by atoms with Crippen molar-refractivity contribution in [2.24, 2.45) is 0 Å². The Morgan fingerprint density at radius 1 is 1.20 bits per heavy atom. The Morgan fingerprint density at radius 3 is 1.80 bits per heavy atom. The normalized spacial score (nSPS) is 6.50. The summed E-state index contributed by atoms with van der Waals surface area (Å²) in [6, 6.07) is 1.99. The van der Waals surface area contributed by atoms with E-state index in [2.05, 4.69) is 4.37 Å². The highest BCUT2D eigenvalue weighted by Gasteiger charge is 1.76. The van der Waals surface area contributed by atoms with E-state index in [1.54, 1.807) is 6.20 Å². The monoisotopic (exact) mass is 159 g/mol. The molecule has 10 heavy (non-hydrogen) atoms. The first-order valence-corrected chi connectivity index (χ1v) is 4.54. The van der Waals surface area contributed by atoms with Crippen LogP contribution in [0, 0.1) is 6.92 Å². The van der Waals surface area contributed by atoms with Crippen LogP contribution < -0.4 is 0 Å². The molecule has 2 heteroatoms. The molecule has 0 saturated carbocycles. The minimum absolute atomic E-state index is 1.27. The molecular formula is C8H17NS. The van der Waals surface area contributed by atoms with Gasteiger partial charge in [0.2, 0.25) is 0 Å².